The summed E-state index contributed by atoms with van der Waals surface area (Å²) in [5, 5.41) is 5.70. The molecule has 3 rings (SSSR count). The number of H-pyrrole nitrogens is 1. The molecule has 172 valence electrons. The number of rotatable bonds is 7. The number of methoxy groups -OCH3 is 1. The normalized spacial score (nSPS) is 12.0. The van der Waals surface area contributed by atoms with Crippen molar-refractivity contribution in [1.29, 1.82) is 0 Å². The van der Waals surface area contributed by atoms with Crippen LogP contribution in [0.4, 0.5) is 5.69 Å². The monoisotopic (exact) mass is 447 g/mol. The van der Waals surface area contributed by atoms with Gasteiger partial charge in [-0.3, -0.25) is 14.4 Å². The topological polar surface area (TPSA) is 100 Å². The highest BCUT2D eigenvalue weighted by Gasteiger charge is 2.23. The van der Waals surface area contributed by atoms with Crippen molar-refractivity contribution in [2.24, 2.45) is 0 Å². The first kappa shape index (κ1) is 23.8. The van der Waals surface area contributed by atoms with E-state index in [4.69, 9.17) is 4.74 Å². The van der Waals surface area contributed by atoms with Crippen molar-refractivity contribution in [3.63, 3.8) is 0 Å². The molecule has 0 spiro atoms. The van der Waals surface area contributed by atoms with E-state index < -0.39 is 6.04 Å². The SMILES string of the molecule is COc1ccc(C(NC(=O)Cc2ccc(=O)[nH]c2)C(=O)Nc2ccc(C(C)(C)C)cc2)cc1. The van der Waals surface area contributed by atoms with Crippen molar-refractivity contribution in [2.45, 2.75) is 38.6 Å². The van der Waals surface area contributed by atoms with E-state index in [2.05, 4.69) is 36.4 Å². The van der Waals surface area contributed by atoms with E-state index in [0.717, 1.165) is 5.56 Å². The van der Waals surface area contributed by atoms with Gasteiger partial charge in [0.05, 0.1) is 13.5 Å². The van der Waals surface area contributed by atoms with Gasteiger partial charge in [-0.25, -0.2) is 0 Å². The second-order valence-corrected chi connectivity index (χ2v) is 8.83. The zero-order valence-electron chi connectivity index (χ0n) is 19.3. The quantitative estimate of drug-likeness (QED) is 0.514. The number of aromatic nitrogens is 1. The third-order valence-electron chi connectivity index (χ3n) is 5.25. The van der Waals surface area contributed by atoms with Crippen molar-refractivity contribution in [3.8, 4) is 5.75 Å². The molecule has 33 heavy (non-hydrogen) atoms. The number of carbonyl (C=O) groups excluding carboxylic acids is 2. The molecular weight excluding hydrogens is 418 g/mol. The highest BCUT2D eigenvalue weighted by Crippen LogP contribution is 2.24. The van der Waals surface area contributed by atoms with Gasteiger partial charge in [-0.05, 0) is 46.4 Å². The first-order valence-corrected chi connectivity index (χ1v) is 10.7. The number of aromatic amines is 1. The first-order valence-electron chi connectivity index (χ1n) is 10.7. The van der Waals surface area contributed by atoms with Crippen LogP contribution in [0.15, 0.2) is 71.7 Å². The molecular formula is C26H29N3O4. The Morgan fingerprint density at radius 2 is 1.64 bits per heavy atom. The van der Waals surface area contributed by atoms with Gasteiger partial charge in [0.1, 0.15) is 11.8 Å². The predicted octanol–water partition coefficient (Wildman–Crippen LogP) is 3.72. The number of pyridine rings is 1. The number of nitrogens with one attached hydrogen (secondary N) is 3. The number of benzene rings is 2. The molecule has 7 heteroatoms. The molecule has 0 aliphatic rings. The molecule has 3 aromatic rings. The fourth-order valence-corrected chi connectivity index (χ4v) is 3.31. The van der Waals surface area contributed by atoms with Gasteiger partial charge in [-0.2, -0.15) is 0 Å². The van der Waals surface area contributed by atoms with Crippen LogP contribution in [-0.2, 0) is 21.4 Å². The lowest BCUT2D eigenvalue weighted by molar-refractivity contribution is -0.126. The highest BCUT2D eigenvalue weighted by atomic mass is 16.5. The molecule has 0 radical (unpaired) electrons. The van der Waals surface area contributed by atoms with E-state index in [1.165, 1.54) is 12.3 Å². The molecule has 2 amide bonds. The lowest BCUT2D eigenvalue weighted by atomic mass is 9.87. The van der Waals surface area contributed by atoms with Crippen LogP contribution in [0.1, 0.15) is 43.5 Å². The van der Waals surface area contributed by atoms with Crippen LogP contribution in [0.25, 0.3) is 0 Å². The predicted molar refractivity (Wildman–Crippen MR) is 128 cm³/mol. The molecule has 0 fully saturated rings. The summed E-state index contributed by atoms with van der Waals surface area (Å²) in [6.45, 7) is 6.37. The number of hydrogen-bond donors (Lipinski definition) is 3. The zero-order valence-corrected chi connectivity index (χ0v) is 19.3. The molecule has 3 N–H and O–H groups in total. The summed E-state index contributed by atoms with van der Waals surface area (Å²) in [5.74, 6) is -0.0603. The van der Waals surface area contributed by atoms with Gasteiger partial charge < -0.3 is 20.4 Å². The van der Waals surface area contributed by atoms with Crippen molar-refractivity contribution in [3.05, 3.63) is 93.9 Å². The molecule has 0 saturated carbocycles. The summed E-state index contributed by atoms with van der Waals surface area (Å²) in [7, 11) is 1.56. The Morgan fingerprint density at radius 1 is 0.970 bits per heavy atom. The maximum atomic E-state index is 13.2. The Morgan fingerprint density at radius 3 is 2.18 bits per heavy atom. The van der Waals surface area contributed by atoms with Crippen LogP contribution in [0, 0.1) is 0 Å². The van der Waals surface area contributed by atoms with Gasteiger partial charge >= 0.3 is 0 Å². The highest BCUT2D eigenvalue weighted by molar-refractivity contribution is 5.98. The van der Waals surface area contributed by atoms with Gasteiger partial charge in [0.15, 0.2) is 0 Å². The lowest BCUT2D eigenvalue weighted by Gasteiger charge is -2.21. The van der Waals surface area contributed by atoms with E-state index in [1.54, 1.807) is 37.4 Å². The summed E-state index contributed by atoms with van der Waals surface area (Å²) in [6, 6.07) is 16.7. The Bertz CT molecular complexity index is 1140. The average Bonchev–Trinajstić information content (AvgIpc) is 2.79. The van der Waals surface area contributed by atoms with Crippen LogP contribution in [0.5, 0.6) is 5.75 Å². The van der Waals surface area contributed by atoms with Crippen LogP contribution < -0.4 is 20.9 Å². The molecule has 1 unspecified atom stereocenters. The fourth-order valence-electron chi connectivity index (χ4n) is 3.31. The summed E-state index contributed by atoms with van der Waals surface area (Å²) >= 11 is 0. The summed E-state index contributed by atoms with van der Waals surface area (Å²) in [5.41, 5.74) is 2.81. The number of amides is 2. The van der Waals surface area contributed by atoms with Gasteiger partial charge in [-0.1, -0.05) is 51.1 Å². The van der Waals surface area contributed by atoms with E-state index in [-0.39, 0.29) is 29.2 Å². The first-order chi connectivity index (χ1) is 15.7. The number of hydrogen-bond acceptors (Lipinski definition) is 4. The Balaban J connectivity index is 1.79. The second kappa shape index (κ2) is 10.2. The Labute approximate surface area is 193 Å². The summed E-state index contributed by atoms with van der Waals surface area (Å²) in [4.78, 5) is 39.7. The van der Waals surface area contributed by atoms with E-state index >= 15 is 0 Å². The Kier molecular flexibility index (Phi) is 7.33. The maximum Gasteiger partial charge on any atom is 0.251 e. The zero-order chi connectivity index (χ0) is 24.0. The minimum Gasteiger partial charge on any atom is -0.497 e. The van der Waals surface area contributed by atoms with Gasteiger partial charge in [0.25, 0.3) is 5.91 Å². The molecule has 1 heterocycles. The van der Waals surface area contributed by atoms with E-state index in [9.17, 15) is 14.4 Å². The van der Waals surface area contributed by atoms with Gasteiger partial charge in [0, 0.05) is 18.0 Å². The standard InChI is InChI=1S/C26H29N3O4/c1-26(2,3)19-8-10-20(11-9-19)28-25(32)24(18-6-12-21(33-4)13-7-18)29-23(31)15-17-5-14-22(30)27-16-17/h5-14,16,24H,15H2,1-4H3,(H,27,30)(H,28,32)(H,29,31). The maximum absolute atomic E-state index is 13.2. The molecule has 0 bridgehead atoms. The largest absolute Gasteiger partial charge is 0.497 e. The van der Waals surface area contributed by atoms with Crippen LogP contribution in [0.3, 0.4) is 0 Å². The lowest BCUT2D eigenvalue weighted by Crippen LogP contribution is -2.37. The van der Waals surface area contributed by atoms with Crippen molar-refractivity contribution in [2.75, 3.05) is 12.4 Å². The molecule has 1 atom stereocenters. The average molecular weight is 448 g/mol. The molecule has 0 aliphatic heterocycles. The summed E-state index contributed by atoms with van der Waals surface area (Å²) < 4.78 is 5.20. The van der Waals surface area contributed by atoms with E-state index in [1.807, 2.05) is 24.3 Å². The third kappa shape index (κ3) is 6.55. The minimum atomic E-state index is -0.909. The number of anilines is 1. The smallest absolute Gasteiger partial charge is 0.251 e. The third-order valence-corrected chi connectivity index (χ3v) is 5.25. The molecule has 1 aromatic heterocycles. The van der Waals surface area contributed by atoms with Crippen LogP contribution in [0.2, 0.25) is 0 Å². The minimum absolute atomic E-state index is 0.00383. The van der Waals surface area contributed by atoms with Crippen molar-refractivity contribution >= 4 is 17.5 Å². The van der Waals surface area contributed by atoms with Crippen molar-refractivity contribution in [1.82, 2.24) is 10.3 Å². The van der Waals surface area contributed by atoms with E-state index in [0.29, 0.717) is 22.6 Å². The second-order valence-electron chi connectivity index (χ2n) is 8.83. The fraction of sp³-hybridized carbons (Fsp3) is 0.269. The van der Waals surface area contributed by atoms with Crippen molar-refractivity contribution < 1.29 is 14.3 Å². The van der Waals surface area contributed by atoms with Crippen LogP contribution >= 0.6 is 0 Å². The number of ether oxygens (including phenoxy) is 1. The molecule has 0 aliphatic carbocycles. The van der Waals surface area contributed by atoms with Crippen LogP contribution in [-0.4, -0.2) is 23.9 Å². The Hall–Kier alpha value is -3.87. The molecule has 2 aromatic carbocycles. The van der Waals surface area contributed by atoms with Gasteiger partial charge in [0.2, 0.25) is 11.5 Å². The molecule has 7 nitrogen and oxygen atoms in total. The summed E-state index contributed by atoms with van der Waals surface area (Å²) in [6.07, 6.45) is 1.51. The number of carbonyl (C=O) groups is 2. The molecule has 0 saturated heterocycles. The van der Waals surface area contributed by atoms with Gasteiger partial charge in [-0.15, -0.1) is 0 Å².